The van der Waals surface area contributed by atoms with Crippen molar-refractivity contribution in [1.82, 2.24) is 10.2 Å². The molecular weight excluding hydrogens is 280 g/mol. The minimum Gasteiger partial charge on any atom is -0.313 e. The van der Waals surface area contributed by atoms with Crippen LogP contribution in [0.4, 0.5) is 0 Å². The van der Waals surface area contributed by atoms with Crippen LogP contribution in [0.15, 0.2) is 24.3 Å². The van der Waals surface area contributed by atoms with Crippen molar-refractivity contribution in [2.24, 2.45) is 5.92 Å². The van der Waals surface area contributed by atoms with E-state index in [0.717, 1.165) is 17.0 Å². The van der Waals surface area contributed by atoms with E-state index in [1.165, 1.54) is 57.2 Å². The maximum Gasteiger partial charge on any atom is 0.0409 e. The number of likely N-dealkylation sites (tertiary alicyclic amines) is 1. The van der Waals surface area contributed by atoms with Crippen LogP contribution in [-0.4, -0.2) is 31.1 Å². The van der Waals surface area contributed by atoms with E-state index >= 15 is 0 Å². The minimum absolute atomic E-state index is 0.409. The molecule has 0 spiro atoms. The zero-order valence-electron chi connectivity index (χ0n) is 13.0. The average molecular weight is 307 g/mol. The standard InChI is InChI=1S/C18H27ClN2/c1-20-17(15-6-4-7-16(19)13-15)10-12-21-11-9-14-5-2-3-8-18(14)21/h4,6-7,13-14,17-18,20H,2-3,5,8-12H2,1H3. The van der Waals surface area contributed by atoms with Gasteiger partial charge in [0, 0.05) is 23.7 Å². The summed E-state index contributed by atoms with van der Waals surface area (Å²) in [6.07, 6.45) is 8.36. The molecule has 1 aliphatic carbocycles. The molecule has 2 aliphatic rings. The topological polar surface area (TPSA) is 15.3 Å². The van der Waals surface area contributed by atoms with Crippen LogP contribution in [0.2, 0.25) is 5.02 Å². The number of halogens is 1. The van der Waals surface area contributed by atoms with Crippen LogP contribution >= 0.6 is 11.6 Å². The highest BCUT2D eigenvalue weighted by atomic mass is 35.5. The Morgan fingerprint density at radius 2 is 2.14 bits per heavy atom. The fraction of sp³-hybridized carbons (Fsp3) is 0.667. The maximum absolute atomic E-state index is 6.13. The summed E-state index contributed by atoms with van der Waals surface area (Å²) in [6, 6.07) is 9.55. The lowest BCUT2D eigenvalue weighted by molar-refractivity contribution is 0.176. The molecule has 0 bridgehead atoms. The molecule has 1 aliphatic heterocycles. The van der Waals surface area contributed by atoms with Crippen molar-refractivity contribution >= 4 is 11.6 Å². The van der Waals surface area contributed by atoms with Crippen LogP contribution in [0.1, 0.15) is 50.1 Å². The second kappa shape index (κ2) is 7.13. The Labute approximate surface area is 133 Å². The minimum atomic E-state index is 0.409. The van der Waals surface area contributed by atoms with Gasteiger partial charge < -0.3 is 10.2 Å². The van der Waals surface area contributed by atoms with E-state index in [0.29, 0.717) is 6.04 Å². The first-order chi connectivity index (χ1) is 10.3. The van der Waals surface area contributed by atoms with Gasteiger partial charge in [0.1, 0.15) is 0 Å². The van der Waals surface area contributed by atoms with Gasteiger partial charge >= 0.3 is 0 Å². The van der Waals surface area contributed by atoms with Gasteiger partial charge in [0.05, 0.1) is 0 Å². The highest BCUT2D eigenvalue weighted by molar-refractivity contribution is 6.30. The highest BCUT2D eigenvalue weighted by Crippen LogP contribution is 2.36. The number of hydrogen-bond donors (Lipinski definition) is 1. The van der Waals surface area contributed by atoms with E-state index in [1.807, 2.05) is 6.07 Å². The smallest absolute Gasteiger partial charge is 0.0409 e. The van der Waals surface area contributed by atoms with Crippen molar-refractivity contribution in [2.75, 3.05) is 20.1 Å². The lowest BCUT2D eigenvalue weighted by atomic mass is 9.85. The molecule has 3 atom stereocenters. The Hall–Kier alpha value is -0.570. The first kappa shape index (κ1) is 15.3. The molecule has 0 amide bonds. The second-order valence-corrected chi connectivity index (χ2v) is 7.06. The number of hydrogen-bond acceptors (Lipinski definition) is 2. The molecule has 0 radical (unpaired) electrons. The number of nitrogens with zero attached hydrogens (tertiary/aromatic N) is 1. The third-order valence-electron chi connectivity index (χ3n) is 5.43. The van der Waals surface area contributed by atoms with Crippen molar-refractivity contribution in [3.63, 3.8) is 0 Å². The summed E-state index contributed by atoms with van der Waals surface area (Å²) < 4.78 is 0. The summed E-state index contributed by atoms with van der Waals surface area (Å²) in [5.41, 5.74) is 1.31. The van der Waals surface area contributed by atoms with E-state index in [1.54, 1.807) is 0 Å². The lowest BCUT2D eigenvalue weighted by Crippen LogP contribution is -2.36. The summed E-state index contributed by atoms with van der Waals surface area (Å²) in [5.74, 6) is 0.984. The van der Waals surface area contributed by atoms with Gasteiger partial charge in [-0.2, -0.15) is 0 Å². The normalized spacial score (nSPS) is 27.5. The van der Waals surface area contributed by atoms with Gasteiger partial charge in [0.15, 0.2) is 0 Å². The Morgan fingerprint density at radius 3 is 2.95 bits per heavy atom. The van der Waals surface area contributed by atoms with E-state index in [9.17, 15) is 0 Å². The Balaban J connectivity index is 1.58. The van der Waals surface area contributed by atoms with Gasteiger partial charge in [0.2, 0.25) is 0 Å². The SMILES string of the molecule is CNC(CCN1CCC2CCCCC21)c1cccc(Cl)c1. The van der Waals surface area contributed by atoms with E-state index < -0.39 is 0 Å². The zero-order chi connectivity index (χ0) is 14.7. The van der Waals surface area contributed by atoms with Gasteiger partial charge in [-0.1, -0.05) is 36.6 Å². The van der Waals surface area contributed by atoms with Crippen molar-refractivity contribution < 1.29 is 0 Å². The molecule has 1 saturated carbocycles. The summed E-state index contributed by atoms with van der Waals surface area (Å²) in [6.45, 7) is 2.51. The first-order valence-electron chi connectivity index (χ1n) is 8.44. The maximum atomic E-state index is 6.13. The summed E-state index contributed by atoms with van der Waals surface area (Å²) >= 11 is 6.13. The van der Waals surface area contributed by atoms with Gasteiger partial charge in [-0.3, -0.25) is 0 Å². The van der Waals surface area contributed by atoms with E-state index in [-0.39, 0.29) is 0 Å². The van der Waals surface area contributed by atoms with Gasteiger partial charge in [-0.25, -0.2) is 0 Å². The third kappa shape index (κ3) is 3.61. The van der Waals surface area contributed by atoms with Crippen molar-refractivity contribution in [3.05, 3.63) is 34.9 Å². The molecule has 1 aromatic rings. The van der Waals surface area contributed by atoms with Gasteiger partial charge in [-0.05, 0) is 62.9 Å². The average Bonchev–Trinajstić information content (AvgIpc) is 2.91. The Bertz CT molecular complexity index is 462. The molecule has 1 heterocycles. The molecule has 3 unspecified atom stereocenters. The number of rotatable bonds is 5. The van der Waals surface area contributed by atoms with Crippen LogP contribution in [0.25, 0.3) is 0 Å². The molecule has 3 heteroatoms. The van der Waals surface area contributed by atoms with Crippen LogP contribution < -0.4 is 5.32 Å². The number of nitrogens with one attached hydrogen (secondary N) is 1. The fourth-order valence-corrected chi connectivity index (χ4v) is 4.48. The zero-order valence-corrected chi connectivity index (χ0v) is 13.8. The van der Waals surface area contributed by atoms with E-state index in [4.69, 9.17) is 11.6 Å². The number of fused-ring (bicyclic) bond motifs is 1. The van der Waals surface area contributed by atoms with Crippen molar-refractivity contribution in [1.29, 1.82) is 0 Å². The molecule has 0 aromatic heterocycles. The van der Waals surface area contributed by atoms with Gasteiger partial charge in [-0.15, -0.1) is 0 Å². The molecule has 116 valence electrons. The van der Waals surface area contributed by atoms with Crippen LogP contribution in [0, 0.1) is 5.92 Å². The van der Waals surface area contributed by atoms with Gasteiger partial charge in [0.25, 0.3) is 0 Å². The molecule has 1 N–H and O–H groups in total. The number of benzene rings is 1. The molecular formula is C18H27ClN2. The lowest BCUT2D eigenvalue weighted by Gasteiger charge is -2.32. The Morgan fingerprint density at radius 1 is 1.29 bits per heavy atom. The Kier molecular flexibility index (Phi) is 5.20. The first-order valence-corrected chi connectivity index (χ1v) is 8.82. The molecule has 1 saturated heterocycles. The summed E-state index contributed by atoms with van der Waals surface area (Å²) in [7, 11) is 2.05. The van der Waals surface area contributed by atoms with Crippen LogP contribution in [0.5, 0.6) is 0 Å². The third-order valence-corrected chi connectivity index (χ3v) is 5.66. The largest absolute Gasteiger partial charge is 0.313 e. The van der Waals surface area contributed by atoms with Crippen molar-refractivity contribution in [3.8, 4) is 0 Å². The molecule has 3 rings (SSSR count). The molecule has 21 heavy (non-hydrogen) atoms. The molecule has 2 nitrogen and oxygen atoms in total. The summed E-state index contributed by atoms with van der Waals surface area (Å²) in [5, 5.41) is 4.29. The highest BCUT2D eigenvalue weighted by Gasteiger charge is 2.35. The summed E-state index contributed by atoms with van der Waals surface area (Å²) in [4.78, 5) is 2.75. The predicted molar refractivity (Wildman–Crippen MR) is 89.8 cm³/mol. The monoisotopic (exact) mass is 306 g/mol. The second-order valence-electron chi connectivity index (χ2n) is 6.62. The quantitative estimate of drug-likeness (QED) is 0.874. The van der Waals surface area contributed by atoms with Crippen molar-refractivity contribution in [2.45, 2.75) is 50.6 Å². The molecule has 1 aromatic carbocycles. The predicted octanol–water partition coefficient (Wildman–Crippen LogP) is 4.26. The van der Waals surface area contributed by atoms with Crippen LogP contribution in [-0.2, 0) is 0 Å². The van der Waals surface area contributed by atoms with Crippen LogP contribution in [0.3, 0.4) is 0 Å². The van der Waals surface area contributed by atoms with E-state index in [2.05, 4.69) is 35.5 Å². The fourth-order valence-electron chi connectivity index (χ4n) is 4.28. The molecule has 2 fully saturated rings.